The highest BCUT2D eigenvalue weighted by Crippen LogP contribution is 2.25. The van der Waals surface area contributed by atoms with Gasteiger partial charge >= 0.3 is 0 Å². The fraction of sp³-hybridized carbons (Fsp3) is 0.667. The van der Waals surface area contributed by atoms with Gasteiger partial charge < -0.3 is 14.9 Å². The lowest BCUT2D eigenvalue weighted by Crippen LogP contribution is -2.26. The molecular formula is C12H20N4O2. The average Bonchev–Trinajstić information content (AvgIpc) is 2.38. The first kappa shape index (κ1) is 13.2. The Hall–Kier alpha value is -1.24. The Balaban J connectivity index is 2.34. The highest BCUT2D eigenvalue weighted by Gasteiger charge is 2.24. The molecule has 0 bridgehead atoms. The van der Waals surface area contributed by atoms with Crippen molar-refractivity contribution < 1.29 is 9.47 Å². The zero-order chi connectivity index (χ0) is 13.2. The highest BCUT2D eigenvalue weighted by molar-refractivity contribution is 5.37. The number of hydrogen-bond acceptors (Lipinski definition) is 6. The summed E-state index contributed by atoms with van der Waals surface area (Å²) in [4.78, 5) is 8.90. The van der Waals surface area contributed by atoms with Crippen molar-refractivity contribution in [2.24, 2.45) is 5.84 Å². The lowest BCUT2D eigenvalue weighted by Gasteiger charge is -2.24. The van der Waals surface area contributed by atoms with Crippen LogP contribution in [-0.4, -0.2) is 29.8 Å². The van der Waals surface area contributed by atoms with Gasteiger partial charge in [0.25, 0.3) is 0 Å². The van der Waals surface area contributed by atoms with E-state index in [-0.39, 0.29) is 11.5 Å². The third kappa shape index (κ3) is 2.95. The molecule has 0 aliphatic carbocycles. The summed E-state index contributed by atoms with van der Waals surface area (Å²) in [5, 5.41) is 0. The average molecular weight is 252 g/mol. The molecule has 100 valence electrons. The highest BCUT2D eigenvalue weighted by atomic mass is 16.6. The molecule has 2 heterocycles. The summed E-state index contributed by atoms with van der Waals surface area (Å²) in [7, 11) is 0. The second kappa shape index (κ2) is 5.17. The Labute approximate surface area is 107 Å². The Kier molecular flexibility index (Phi) is 3.79. The molecule has 0 spiro atoms. The fourth-order valence-electron chi connectivity index (χ4n) is 1.70. The third-order valence-electron chi connectivity index (χ3n) is 2.76. The molecule has 3 N–H and O–H groups in total. The molecule has 18 heavy (non-hydrogen) atoms. The van der Waals surface area contributed by atoms with Crippen molar-refractivity contribution >= 4 is 5.82 Å². The van der Waals surface area contributed by atoms with Gasteiger partial charge in [-0.1, -0.05) is 20.8 Å². The summed E-state index contributed by atoms with van der Waals surface area (Å²) in [6, 6.07) is 1.85. The second-order valence-corrected chi connectivity index (χ2v) is 5.33. The minimum atomic E-state index is -0.215. The first-order chi connectivity index (χ1) is 8.50. The van der Waals surface area contributed by atoms with Crippen LogP contribution in [0.15, 0.2) is 6.07 Å². The topological polar surface area (TPSA) is 82.3 Å². The van der Waals surface area contributed by atoms with Crippen LogP contribution in [-0.2, 0) is 14.9 Å². The van der Waals surface area contributed by atoms with E-state index in [0.717, 1.165) is 5.69 Å². The lowest BCUT2D eigenvalue weighted by molar-refractivity contribution is -0.0935. The van der Waals surface area contributed by atoms with E-state index in [2.05, 4.69) is 36.2 Å². The van der Waals surface area contributed by atoms with E-state index in [1.807, 2.05) is 6.07 Å². The Morgan fingerprint density at radius 3 is 2.67 bits per heavy atom. The van der Waals surface area contributed by atoms with Crippen LogP contribution in [0.5, 0.6) is 0 Å². The summed E-state index contributed by atoms with van der Waals surface area (Å²) in [6.07, 6.45) is -0.215. The molecule has 1 aromatic heterocycles. The molecule has 0 amide bonds. The molecule has 0 radical (unpaired) electrons. The normalized spacial score (nSPS) is 20.8. The van der Waals surface area contributed by atoms with E-state index < -0.39 is 0 Å². The molecule has 1 fully saturated rings. The maximum atomic E-state index is 5.61. The molecule has 0 saturated carbocycles. The van der Waals surface area contributed by atoms with Gasteiger partial charge in [0, 0.05) is 11.5 Å². The molecule has 1 atom stereocenters. The first-order valence-electron chi connectivity index (χ1n) is 6.06. The minimum Gasteiger partial charge on any atom is -0.376 e. The molecule has 6 heteroatoms. The van der Waals surface area contributed by atoms with Gasteiger partial charge in [-0.25, -0.2) is 15.8 Å². The van der Waals surface area contributed by atoms with Gasteiger partial charge in [-0.3, -0.25) is 0 Å². The maximum absolute atomic E-state index is 5.61. The van der Waals surface area contributed by atoms with E-state index >= 15 is 0 Å². The number of hydrogen-bond donors (Lipinski definition) is 2. The molecule has 1 aromatic rings. The SMILES string of the molecule is CC(C)(C)c1cc(NN)nc(C2COCCO2)n1. The van der Waals surface area contributed by atoms with Crippen molar-refractivity contribution in [2.75, 3.05) is 25.2 Å². The summed E-state index contributed by atoms with van der Waals surface area (Å²) in [5.41, 5.74) is 3.43. The van der Waals surface area contributed by atoms with Gasteiger partial charge in [-0.2, -0.15) is 0 Å². The fourth-order valence-corrected chi connectivity index (χ4v) is 1.70. The van der Waals surface area contributed by atoms with Crippen molar-refractivity contribution in [2.45, 2.75) is 32.3 Å². The maximum Gasteiger partial charge on any atom is 0.162 e. The number of nitrogens with one attached hydrogen (secondary N) is 1. The van der Waals surface area contributed by atoms with Crippen molar-refractivity contribution in [3.05, 3.63) is 17.6 Å². The Morgan fingerprint density at radius 1 is 1.33 bits per heavy atom. The summed E-state index contributed by atoms with van der Waals surface area (Å²) in [6.45, 7) is 7.96. The van der Waals surface area contributed by atoms with Crippen molar-refractivity contribution in [1.29, 1.82) is 0 Å². The predicted molar refractivity (Wildman–Crippen MR) is 68.1 cm³/mol. The molecule has 2 rings (SSSR count). The van der Waals surface area contributed by atoms with E-state index in [1.54, 1.807) is 0 Å². The molecule has 1 aliphatic heterocycles. The van der Waals surface area contributed by atoms with Gasteiger partial charge in [0.2, 0.25) is 0 Å². The van der Waals surface area contributed by atoms with Gasteiger partial charge in [-0.05, 0) is 0 Å². The zero-order valence-electron chi connectivity index (χ0n) is 11.1. The van der Waals surface area contributed by atoms with Crippen LogP contribution in [0.3, 0.4) is 0 Å². The van der Waals surface area contributed by atoms with Crippen LogP contribution >= 0.6 is 0 Å². The Bertz CT molecular complexity index is 411. The number of hydrazine groups is 1. The van der Waals surface area contributed by atoms with Crippen molar-refractivity contribution in [3.63, 3.8) is 0 Å². The van der Waals surface area contributed by atoms with Crippen LogP contribution in [0.4, 0.5) is 5.82 Å². The number of nitrogen functional groups attached to an aromatic ring is 1. The minimum absolute atomic E-state index is 0.0706. The summed E-state index contributed by atoms with van der Waals surface area (Å²) in [5.74, 6) is 6.66. The molecule has 1 saturated heterocycles. The number of nitrogens with zero attached hydrogens (tertiary/aromatic N) is 2. The van der Waals surface area contributed by atoms with Crippen molar-refractivity contribution in [1.82, 2.24) is 9.97 Å². The number of ether oxygens (including phenoxy) is 2. The third-order valence-corrected chi connectivity index (χ3v) is 2.76. The molecule has 1 unspecified atom stereocenters. The van der Waals surface area contributed by atoms with Gasteiger partial charge in [0.1, 0.15) is 11.9 Å². The molecule has 1 aliphatic rings. The van der Waals surface area contributed by atoms with Gasteiger partial charge in [-0.15, -0.1) is 0 Å². The van der Waals surface area contributed by atoms with Crippen molar-refractivity contribution in [3.8, 4) is 0 Å². The standard InChI is InChI=1S/C12H20N4O2/c1-12(2,3)9-6-10(16-13)15-11(14-9)8-7-17-4-5-18-8/h6,8H,4-5,7,13H2,1-3H3,(H,14,15,16). The van der Waals surface area contributed by atoms with E-state index in [0.29, 0.717) is 31.5 Å². The quantitative estimate of drug-likeness (QED) is 0.607. The molecule has 0 aromatic carbocycles. The predicted octanol–water partition coefficient (Wildman–Crippen LogP) is 1.15. The zero-order valence-corrected chi connectivity index (χ0v) is 11.1. The number of nitrogens with two attached hydrogens (primary N) is 1. The molecule has 6 nitrogen and oxygen atoms in total. The van der Waals surface area contributed by atoms with Crippen LogP contribution < -0.4 is 11.3 Å². The smallest absolute Gasteiger partial charge is 0.162 e. The summed E-state index contributed by atoms with van der Waals surface area (Å²) < 4.78 is 11.0. The number of anilines is 1. The van der Waals surface area contributed by atoms with Crippen LogP contribution in [0.2, 0.25) is 0 Å². The van der Waals surface area contributed by atoms with Gasteiger partial charge in [0.15, 0.2) is 5.82 Å². The largest absolute Gasteiger partial charge is 0.376 e. The van der Waals surface area contributed by atoms with E-state index in [1.165, 1.54) is 0 Å². The van der Waals surface area contributed by atoms with Crippen LogP contribution in [0, 0.1) is 0 Å². The first-order valence-corrected chi connectivity index (χ1v) is 6.06. The summed E-state index contributed by atoms with van der Waals surface area (Å²) >= 11 is 0. The second-order valence-electron chi connectivity index (χ2n) is 5.33. The lowest BCUT2D eigenvalue weighted by atomic mass is 9.92. The van der Waals surface area contributed by atoms with Crippen LogP contribution in [0.1, 0.15) is 38.4 Å². The van der Waals surface area contributed by atoms with Gasteiger partial charge in [0.05, 0.1) is 25.5 Å². The van der Waals surface area contributed by atoms with Crippen LogP contribution in [0.25, 0.3) is 0 Å². The monoisotopic (exact) mass is 252 g/mol. The van der Waals surface area contributed by atoms with E-state index in [9.17, 15) is 0 Å². The number of rotatable bonds is 2. The Morgan fingerprint density at radius 2 is 2.11 bits per heavy atom. The number of aromatic nitrogens is 2. The molecular weight excluding hydrogens is 232 g/mol. The van der Waals surface area contributed by atoms with E-state index in [4.69, 9.17) is 15.3 Å².